The molecule has 0 amide bonds. The summed E-state index contributed by atoms with van der Waals surface area (Å²) in [6.45, 7) is 4.69. The average Bonchev–Trinajstić information content (AvgIpc) is 3.45. The number of aromatic nitrogens is 4. The number of H-pyrrole nitrogens is 1. The van der Waals surface area contributed by atoms with Crippen LogP contribution < -0.4 is 10.2 Å². The van der Waals surface area contributed by atoms with Gasteiger partial charge in [-0.2, -0.15) is 5.10 Å². The van der Waals surface area contributed by atoms with E-state index in [4.69, 9.17) is 19.8 Å². The number of benzene rings is 1. The minimum Gasteiger partial charge on any atom is -0.395 e. The molecule has 5 rings (SSSR count). The van der Waals surface area contributed by atoms with Crippen LogP contribution in [-0.4, -0.2) is 69.8 Å². The van der Waals surface area contributed by atoms with Crippen LogP contribution >= 0.6 is 11.3 Å². The SMILES string of the molecule is C[C@](O)(NCCO)c1cc2nc(-c3cccc4[nH]ncc34)nc(N3CCOCC3)c2s1. The lowest BCUT2D eigenvalue weighted by atomic mass is 10.1. The number of nitrogens with zero attached hydrogens (tertiary/aromatic N) is 4. The Morgan fingerprint density at radius 3 is 2.94 bits per heavy atom. The van der Waals surface area contributed by atoms with Crippen LogP contribution in [0.2, 0.25) is 0 Å². The molecule has 1 saturated heterocycles. The molecule has 0 bridgehead atoms. The molecular weight excluding hydrogens is 416 g/mol. The van der Waals surface area contributed by atoms with Gasteiger partial charge in [-0.3, -0.25) is 10.4 Å². The number of aliphatic hydroxyl groups excluding tert-OH is 1. The number of hydrogen-bond donors (Lipinski definition) is 4. The Hall–Kier alpha value is -2.63. The van der Waals surface area contributed by atoms with Gasteiger partial charge >= 0.3 is 0 Å². The van der Waals surface area contributed by atoms with E-state index in [1.54, 1.807) is 13.1 Å². The molecular formula is C21H24N6O3S. The van der Waals surface area contributed by atoms with Crippen LogP contribution in [0.4, 0.5) is 5.82 Å². The summed E-state index contributed by atoms with van der Waals surface area (Å²) in [6.07, 6.45) is 1.79. The first-order valence-electron chi connectivity index (χ1n) is 10.2. The number of rotatable bonds is 6. The van der Waals surface area contributed by atoms with E-state index in [2.05, 4.69) is 20.4 Å². The van der Waals surface area contributed by atoms with E-state index in [-0.39, 0.29) is 13.2 Å². The van der Waals surface area contributed by atoms with Crippen LogP contribution in [0.25, 0.3) is 32.5 Å². The molecule has 31 heavy (non-hydrogen) atoms. The Balaban J connectivity index is 1.68. The van der Waals surface area contributed by atoms with Crippen LogP contribution in [0.5, 0.6) is 0 Å². The van der Waals surface area contributed by atoms with Crippen molar-refractivity contribution in [3.05, 3.63) is 35.3 Å². The maximum absolute atomic E-state index is 10.9. The maximum Gasteiger partial charge on any atom is 0.162 e. The predicted octanol–water partition coefficient (Wildman–Crippen LogP) is 1.82. The Kier molecular flexibility index (Phi) is 5.32. The van der Waals surface area contributed by atoms with Crippen molar-refractivity contribution in [2.24, 2.45) is 0 Å². The van der Waals surface area contributed by atoms with Gasteiger partial charge in [-0.15, -0.1) is 11.3 Å². The van der Waals surface area contributed by atoms with Gasteiger partial charge in [0.05, 0.1) is 46.6 Å². The summed E-state index contributed by atoms with van der Waals surface area (Å²) in [5.74, 6) is 1.46. The van der Waals surface area contributed by atoms with E-state index in [1.807, 2.05) is 24.3 Å². The molecule has 1 aliphatic heterocycles. The highest BCUT2D eigenvalue weighted by atomic mass is 32.1. The summed E-state index contributed by atoms with van der Waals surface area (Å²) in [7, 11) is 0. The Bertz CT molecular complexity index is 1210. The predicted molar refractivity (Wildman–Crippen MR) is 120 cm³/mol. The van der Waals surface area contributed by atoms with Gasteiger partial charge in [0.2, 0.25) is 0 Å². The monoisotopic (exact) mass is 440 g/mol. The van der Waals surface area contributed by atoms with Crippen molar-refractivity contribution in [3.8, 4) is 11.4 Å². The van der Waals surface area contributed by atoms with Gasteiger partial charge in [0, 0.05) is 30.6 Å². The highest BCUT2D eigenvalue weighted by Gasteiger charge is 2.28. The number of ether oxygens (including phenoxy) is 1. The fourth-order valence-electron chi connectivity index (χ4n) is 3.81. The van der Waals surface area contributed by atoms with Crippen molar-refractivity contribution in [2.45, 2.75) is 12.6 Å². The van der Waals surface area contributed by atoms with Crippen molar-refractivity contribution in [1.82, 2.24) is 25.5 Å². The number of thiophene rings is 1. The lowest BCUT2D eigenvalue weighted by molar-refractivity contribution is 0.0196. The third-order valence-electron chi connectivity index (χ3n) is 5.45. The molecule has 10 heteroatoms. The third-order valence-corrected chi connectivity index (χ3v) is 6.78. The Morgan fingerprint density at radius 2 is 2.13 bits per heavy atom. The molecule has 0 spiro atoms. The number of nitrogens with one attached hydrogen (secondary N) is 2. The number of fused-ring (bicyclic) bond motifs is 2. The molecule has 1 fully saturated rings. The Labute approximate surface area is 182 Å². The second kappa shape index (κ2) is 8.13. The molecule has 162 valence electrons. The quantitative estimate of drug-likeness (QED) is 0.335. The second-order valence-electron chi connectivity index (χ2n) is 7.65. The number of aromatic amines is 1. The van der Waals surface area contributed by atoms with Crippen molar-refractivity contribution in [2.75, 3.05) is 44.4 Å². The normalized spacial score (nSPS) is 16.8. The molecule has 1 aliphatic rings. The topological polar surface area (TPSA) is 119 Å². The van der Waals surface area contributed by atoms with Crippen LogP contribution in [-0.2, 0) is 10.5 Å². The smallest absolute Gasteiger partial charge is 0.162 e. The second-order valence-corrected chi connectivity index (χ2v) is 8.71. The zero-order valence-corrected chi connectivity index (χ0v) is 17.9. The largest absolute Gasteiger partial charge is 0.395 e. The van der Waals surface area contributed by atoms with Gasteiger partial charge in [-0.05, 0) is 19.1 Å². The Morgan fingerprint density at radius 1 is 1.29 bits per heavy atom. The van der Waals surface area contributed by atoms with Gasteiger partial charge in [-0.1, -0.05) is 12.1 Å². The molecule has 0 saturated carbocycles. The van der Waals surface area contributed by atoms with E-state index in [0.717, 1.165) is 50.5 Å². The van der Waals surface area contributed by atoms with Crippen LogP contribution in [0.1, 0.15) is 11.8 Å². The highest BCUT2D eigenvalue weighted by Crippen LogP contribution is 2.38. The van der Waals surface area contributed by atoms with Crippen molar-refractivity contribution in [3.63, 3.8) is 0 Å². The van der Waals surface area contributed by atoms with Crippen molar-refractivity contribution in [1.29, 1.82) is 0 Å². The molecule has 0 radical (unpaired) electrons. The van der Waals surface area contributed by atoms with E-state index < -0.39 is 5.72 Å². The summed E-state index contributed by atoms with van der Waals surface area (Å²) in [6, 6.07) is 7.82. The zero-order chi connectivity index (χ0) is 21.4. The minimum absolute atomic E-state index is 0.0568. The molecule has 1 aromatic carbocycles. The molecule has 0 unspecified atom stereocenters. The van der Waals surface area contributed by atoms with Crippen molar-refractivity contribution >= 4 is 38.3 Å². The molecule has 3 aromatic heterocycles. The number of aliphatic hydroxyl groups is 2. The van der Waals surface area contributed by atoms with E-state index in [0.29, 0.717) is 19.0 Å². The summed E-state index contributed by atoms with van der Waals surface area (Å²) in [5, 5.41) is 31.1. The fraction of sp³-hybridized carbons (Fsp3) is 0.381. The summed E-state index contributed by atoms with van der Waals surface area (Å²) >= 11 is 1.46. The van der Waals surface area contributed by atoms with Gasteiger partial charge in [0.1, 0.15) is 5.72 Å². The summed E-state index contributed by atoms with van der Waals surface area (Å²) in [5.41, 5.74) is 1.33. The lowest BCUT2D eigenvalue weighted by Crippen LogP contribution is -2.40. The molecule has 1 atom stereocenters. The van der Waals surface area contributed by atoms with Gasteiger partial charge in [0.15, 0.2) is 11.6 Å². The van der Waals surface area contributed by atoms with Gasteiger partial charge in [-0.25, -0.2) is 9.97 Å². The first-order chi connectivity index (χ1) is 15.1. The van der Waals surface area contributed by atoms with Crippen molar-refractivity contribution < 1.29 is 14.9 Å². The lowest BCUT2D eigenvalue weighted by Gasteiger charge is -2.28. The van der Waals surface area contributed by atoms with Crippen LogP contribution in [0.15, 0.2) is 30.5 Å². The minimum atomic E-state index is -1.28. The standard InChI is InChI=1S/C21H24N6O3S/c1-21(29,22-5-8-28)17-11-16-18(31-17)20(27-6-9-30-10-7-27)25-19(24-16)13-3-2-4-15-14(13)12-23-26-15/h2-4,11-12,22,28-29H,5-10H2,1H3,(H,23,26)/t21-/m1/s1. The molecule has 4 N–H and O–H groups in total. The van der Waals surface area contributed by atoms with E-state index in [1.165, 1.54) is 11.3 Å². The number of morpholine rings is 1. The summed E-state index contributed by atoms with van der Waals surface area (Å²) < 4.78 is 6.45. The maximum atomic E-state index is 10.9. The van der Waals surface area contributed by atoms with Gasteiger partial charge in [0.25, 0.3) is 0 Å². The molecule has 9 nitrogen and oxygen atoms in total. The van der Waals surface area contributed by atoms with Crippen LogP contribution in [0, 0.1) is 0 Å². The zero-order valence-electron chi connectivity index (χ0n) is 17.1. The highest BCUT2D eigenvalue weighted by molar-refractivity contribution is 7.19. The first kappa shape index (κ1) is 20.3. The molecule has 4 aromatic rings. The molecule has 0 aliphatic carbocycles. The number of hydrogen-bond acceptors (Lipinski definition) is 9. The van der Waals surface area contributed by atoms with Crippen LogP contribution in [0.3, 0.4) is 0 Å². The van der Waals surface area contributed by atoms with E-state index >= 15 is 0 Å². The molecule has 4 heterocycles. The fourth-order valence-corrected chi connectivity index (χ4v) is 4.95. The first-order valence-corrected chi connectivity index (χ1v) is 11.0. The van der Waals surface area contributed by atoms with Gasteiger partial charge < -0.3 is 19.8 Å². The average molecular weight is 441 g/mol. The summed E-state index contributed by atoms with van der Waals surface area (Å²) in [4.78, 5) is 12.8. The van der Waals surface area contributed by atoms with E-state index in [9.17, 15) is 5.11 Å². The third kappa shape index (κ3) is 3.77. The number of anilines is 1.